The molecule has 110 valence electrons. The highest BCUT2D eigenvalue weighted by molar-refractivity contribution is 5.84. The van der Waals surface area contributed by atoms with Crippen LogP contribution in [0.25, 0.3) is 0 Å². The van der Waals surface area contributed by atoms with Gasteiger partial charge in [-0.3, -0.25) is 0 Å². The van der Waals surface area contributed by atoms with Gasteiger partial charge in [-0.2, -0.15) is 0 Å². The van der Waals surface area contributed by atoms with E-state index in [-0.39, 0.29) is 12.0 Å². The molecule has 0 bridgehead atoms. The highest BCUT2D eigenvalue weighted by Crippen LogP contribution is 2.32. The molecule has 0 spiro atoms. The Balaban J connectivity index is 2.53. The molecule has 21 heavy (non-hydrogen) atoms. The fraction of sp³-hybridized carbons (Fsp3) is 0.235. The van der Waals surface area contributed by atoms with E-state index in [4.69, 9.17) is 0 Å². The molecule has 0 amide bonds. The summed E-state index contributed by atoms with van der Waals surface area (Å²) in [6.45, 7) is 3.64. The molecule has 1 atom stereocenters. The van der Waals surface area contributed by atoms with E-state index in [0.29, 0.717) is 5.69 Å². The number of aliphatic carboxylic acids is 1. The largest absolute Gasteiger partial charge is 0.479 e. The Morgan fingerprint density at radius 2 is 1.95 bits per heavy atom. The topological polar surface area (TPSA) is 49.3 Å². The van der Waals surface area contributed by atoms with Crippen LogP contribution in [0.3, 0.4) is 0 Å². The number of benzene rings is 2. The maximum absolute atomic E-state index is 14.1. The zero-order valence-electron chi connectivity index (χ0n) is 12.1. The summed E-state index contributed by atoms with van der Waals surface area (Å²) in [6.07, 6.45) is 0.219. The quantitative estimate of drug-likeness (QED) is 0.875. The molecule has 0 aliphatic rings. The summed E-state index contributed by atoms with van der Waals surface area (Å²) in [5.41, 5.74) is 0.312. The molecule has 2 rings (SSSR count). The molecule has 2 aromatic rings. The summed E-state index contributed by atoms with van der Waals surface area (Å²) < 4.78 is 14.1. The van der Waals surface area contributed by atoms with Crippen molar-refractivity contribution in [1.29, 1.82) is 0 Å². The fourth-order valence-electron chi connectivity index (χ4n) is 2.44. The van der Waals surface area contributed by atoms with Crippen LogP contribution in [0.2, 0.25) is 0 Å². The maximum Gasteiger partial charge on any atom is 0.334 e. The molecule has 3 nitrogen and oxygen atoms in total. The lowest BCUT2D eigenvalue weighted by atomic mass is 9.86. The molecule has 1 unspecified atom stereocenters. The van der Waals surface area contributed by atoms with E-state index in [1.807, 2.05) is 25.1 Å². The molecule has 0 aliphatic heterocycles. The lowest BCUT2D eigenvalue weighted by Gasteiger charge is -2.31. The summed E-state index contributed by atoms with van der Waals surface area (Å²) in [6, 6.07) is 13.4. The second-order valence-electron chi connectivity index (χ2n) is 5.04. The maximum atomic E-state index is 14.1. The first kappa shape index (κ1) is 15.0. The van der Waals surface area contributed by atoms with E-state index in [9.17, 15) is 14.3 Å². The first-order valence-electron chi connectivity index (χ1n) is 6.83. The molecule has 0 saturated carbocycles. The van der Waals surface area contributed by atoms with Crippen LogP contribution in [0.4, 0.5) is 10.1 Å². The van der Waals surface area contributed by atoms with Crippen LogP contribution in [0.1, 0.15) is 24.5 Å². The third-order valence-electron chi connectivity index (χ3n) is 3.60. The van der Waals surface area contributed by atoms with Crippen LogP contribution in [0.15, 0.2) is 48.5 Å². The number of hydrogen-bond donors (Lipinski definition) is 2. The van der Waals surface area contributed by atoms with Crippen molar-refractivity contribution in [3.63, 3.8) is 0 Å². The van der Waals surface area contributed by atoms with Crippen LogP contribution in [-0.2, 0) is 10.3 Å². The van der Waals surface area contributed by atoms with E-state index in [0.717, 1.165) is 5.56 Å². The van der Waals surface area contributed by atoms with Crippen molar-refractivity contribution in [3.05, 3.63) is 65.5 Å². The molecule has 0 fully saturated rings. The summed E-state index contributed by atoms with van der Waals surface area (Å²) in [7, 11) is 0. The summed E-state index contributed by atoms with van der Waals surface area (Å²) in [5, 5.41) is 12.7. The molecule has 0 heterocycles. The average Bonchev–Trinajstić information content (AvgIpc) is 2.45. The summed E-state index contributed by atoms with van der Waals surface area (Å²) >= 11 is 0. The number of nitrogens with one attached hydrogen (secondary N) is 1. The van der Waals surface area contributed by atoms with Crippen molar-refractivity contribution < 1.29 is 14.3 Å². The lowest BCUT2D eigenvalue weighted by molar-refractivity contribution is -0.143. The predicted octanol–water partition coefficient (Wildman–Crippen LogP) is 3.94. The van der Waals surface area contributed by atoms with Crippen LogP contribution in [0, 0.1) is 12.7 Å². The Labute approximate surface area is 123 Å². The first-order valence-corrected chi connectivity index (χ1v) is 6.83. The van der Waals surface area contributed by atoms with E-state index < -0.39 is 17.3 Å². The third-order valence-corrected chi connectivity index (χ3v) is 3.60. The van der Waals surface area contributed by atoms with Crippen molar-refractivity contribution in [3.8, 4) is 0 Å². The number of carboxylic acid groups (broad SMARTS) is 1. The minimum atomic E-state index is -1.49. The Hall–Kier alpha value is -2.36. The number of aryl methyl sites for hydroxylation is 1. The van der Waals surface area contributed by atoms with E-state index in [1.54, 1.807) is 25.1 Å². The van der Waals surface area contributed by atoms with Gasteiger partial charge in [-0.25, -0.2) is 9.18 Å². The second-order valence-corrected chi connectivity index (χ2v) is 5.04. The number of halogens is 1. The third kappa shape index (κ3) is 2.89. The minimum Gasteiger partial charge on any atom is -0.479 e. The van der Waals surface area contributed by atoms with Crippen LogP contribution in [0.5, 0.6) is 0 Å². The van der Waals surface area contributed by atoms with Gasteiger partial charge in [0.25, 0.3) is 0 Å². The Bertz CT molecular complexity index is 657. The molecule has 0 radical (unpaired) electrons. The van der Waals surface area contributed by atoms with Crippen molar-refractivity contribution in [1.82, 2.24) is 0 Å². The fourth-order valence-corrected chi connectivity index (χ4v) is 2.44. The van der Waals surface area contributed by atoms with Gasteiger partial charge in [0.05, 0.1) is 0 Å². The predicted molar refractivity (Wildman–Crippen MR) is 80.8 cm³/mol. The monoisotopic (exact) mass is 287 g/mol. The Kier molecular flexibility index (Phi) is 4.26. The summed E-state index contributed by atoms with van der Waals surface area (Å²) in [5.74, 6) is -1.63. The van der Waals surface area contributed by atoms with Gasteiger partial charge in [-0.05, 0) is 37.1 Å². The van der Waals surface area contributed by atoms with Crippen molar-refractivity contribution in [2.24, 2.45) is 0 Å². The highest BCUT2D eigenvalue weighted by Gasteiger charge is 2.40. The van der Waals surface area contributed by atoms with Gasteiger partial charge in [0.1, 0.15) is 5.82 Å². The van der Waals surface area contributed by atoms with Crippen LogP contribution < -0.4 is 5.32 Å². The molecule has 0 aliphatic carbocycles. The van der Waals surface area contributed by atoms with Gasteiger partial charge in [-0.1, -0.05) is 37.3 Å². The standard InChI is InChI=1S/C17H18FNO2/c1-3-17(16(20)21,14-9-4-5-10-15(14)18)19-13-8-6-7-12(2)11-13/h4-11,19H,3H2,1-2H3,(H,20,21). The number of hydrogen-bond acceptors (Lipinski definition) is 2. The van der Waals surface area contributed by atoms with Gasteiger partial charge >= 0.3 is 5.97 Å². The normalized spacial score (nSPS) is 13.5. The van der Waals surface area contributed by atoms with Crippen molar-refractivity contribution >= 4 is 11.7 Å². The number of anilines is 1. The Morgan fingerprint density at radius 3 is 2.52 bits per heavy atom. The molecule has 2 N–H and O–H groups in total. The zero-order chi connectivity index (χ0) is 15.5. The molecular formula is C17H18FNO2. The second kappa shape index (κ2) is 5.95. The molecule has 0 saturated heterocycles. The van der Waals surface area contributed by atoms with Gasteiger partial charge in [0, 0.05) is 11.3 Å². The van der Waals surface area contributed by atoms with Gasteiger partial charge < -0.3 is 10.4 Å². The molecular weight excluding hydrogens is 269 g/mol. The summed E-state index contributed by atoms with van der Waals surface area (Å²) in [4.78, 5) is 11.9. The van der Waals surface area contributed by atoms with Crippen molar-refractivity contribution in [2.75, 3.05) is 5.32 Å². The molecule has 0 aromatic heterocycles. The van der Waals surface area contributed by atoms with Crippen LogP contribution >= 0.6 is 0 Å². The molecule has 2 aromatic carbocycles. The SMILES string of the molecule is CCC(Nc1cccc(C)c1)(C(=O)O)c1ccccc1F. The molecule has 4 heteroatoms. The average molecular weight is 287 g/mol. The van der Waals surface area contributed by atoms with Gasteiger partial charge in [-0.15, -0.1) is 0 Å². The smallest absolute Gasteiger partial charge is 0.334 e. The lowest BCUT2D eigenvalue weighted by Crippen LogP contribution is -2.43. The van der Waals surface area contributed by atoms with E-state index in [2.05, 4.69) is 5.32 Å². The van der Waals surface area contributed by atoms with Gasteiger partial charge in [0.2, 0.25) is 0 Å². The number of rotatable bonds is 5. The van der Waals surface area contributed by atoms with Crippen molar-refractivity contribution in [2.45, 2.75) is 25.8 Å². The highest BCUT2D eigenvalue weighted by atomic mass is 19.1. The first-order chi connectivity index (χ1) is 9.99. The van der Waals surface area contributed by atoms with Crippen LogP contribution in [-0.4, -0.2) is 11.1 Å². The number of carboxylic acids is 1. The van der Waals surface area contributed by atoms with Gasteiger partial charge in [0.15, 0.2) is 5.54 Å². The number of carbonyl (C=O) groups is 1. The Morgan fingerprint density at radius 1 is 1.24 bits per heavy atom. The minimum absolute atomic E-state index is 0.140. The van der Waals surface area contributed by atoms with E-state index in [1.165, 1.54) is 12.1 Å². The zero-order valence-corrected chi connectivity index (χ0v) is 12.1. The van der Waals surface area contributed by atoms with E-state index >= 15 is 0 Å².